The van der Waals surface area contributed by atoms with E-state index in [4.69, 9.17) is 4.74 Å². The van der Waals surface area contributed by atoms with Crippen LogP contribution in [0.15, 0.2) is 0 Å². The first kappa shape index (κ1) is 9.49. The highest BCUT2D eigenvalue weighted by Gasteiger charge is 2.12. The van der Waals surface area contributed by atoms with Gasteiger partial charge < -0.3 is 10.1 Å². The molecule has 1 rings (SSSR count). The molecule has 66 valence electrons. The molecule has 1 aliphatic rings. The van der Waals surface area contributed by atoms with Crippen molar-refractivity contribution in [2.45, 2.75) is 25.3 Å². The molecule has 1 atom stereocenters. The van der Waals surface area contributed by atoms with Gasteiger partial charge in [-0.2, -0.15) is 0 Å². The van der Waals surface area contributed by atoms with Crippen molar-refractivity contribution in [1.82, 2.24) is 5.32 Å². The second kappa shape index (κ2) is 5.98. The Labute approximate surface area is 76.8 Å². The van der Waals surface area contributed by atoms with Crippen LogP contribution in [0.4, 0.5) is 0 Å². The van der Waals surface area contributed by atoms with Crippen LogP contribution < -0.4 is 5.32 Å². The van der Waals surface area contributed by atoms with E-state index >= 15 is 0 Å². The number of nitrogens with one attached hydrogen (secondary N) is 1. The molecule has 0 aromatic carbocycles. The predicted molar refractivity (Wildman–Crippen MR) is 50.3 cm³/mol. The minimum absolute atomic E-state index is 0.630. The van der Waals surface area contributed by atoms with Crippen molar-refractivity contribution in [2.24, 2.45) is 0 Å². The van der Waals surface area contributed by atoms with Crippen LogP contribution in [0.2, 0.25) is 0 Å². The fraction of sp³-hybridized carbons (Fsp3) is 1.00. The zero-order valence-corrected chi connectivity index (χ0v) is 8.40. The molecule has 1 aliphatic heterocycles. The molecule has 0 bridgehead atoms. The van der Waals surface area contributed by atoms with E-state index in [0.717, 1.165) is 25.0 Å². The van der Waals surface area contributed by atoms with Gasteiger partial charge in [-0.05, 0) is 25.8 Å². The van der Waals surface area contributed by atoms with Gasteiger partial charge in [-0.15, -0.1) is 0 Å². The molecule has 0 spiro atoms. The van der Waals surface area contributed by atoms with Crippen LogP contribution >= 0.6 is 15.9 Å². The molecule has 3 heteroatoms. The van der Waals surface area contributed by atoms with Crippen molar-refractivity contribution in [2.75, 3.05) is 25.1 Å². The number of alkyl halides is 1. The maximum absolute atomic E-state index is 5.47. The average molecular weight is 222 g/mol. The van der Waals surface area contributed by atoms with Crippen molar-refractivity contribution in [3.8, 4) is 0 Å². The average Bonchev–Trinajstić information content (AvgIpc) is 2.50. The van der Waals surface area contributed by atoms with Crippen LogP contribution in [0.5, 0.6) is 0 Å². The monoisotopic (exact) mass is 221 g/mol. The summed E-state index contributed by atoms with van der Waals surface area (Å²) in [7, 11) is 0. The van der Waals surface area contributed by atoms with Gasteiger partial charge in [0.25, 0.3) is 0 Å². The van der Waals surface area contributed by atoms with E-state index in [1.807, 2.05) is 0 Å². The normalized spacial score (nSPS) is 24.3. The Morgan fingerprint density at radius 2 is 2.45 bits per heavy atom. The highest BCUT2D eigenvalue weighted by molar-refractivity contribution is 9.09. The molecule has 0 aliphatic carbocycles. The molecule has 0 aromatic heterocycles. The third-order valence-electron chi connectivity index (χ3n) is 1.90. The van der Waals surface area contributed by atoms with E-state index in [0.29, 0.717) is 6.04 Å². The summed E-state index contributed by atoms with van der Waals surface area (Å²) in [6.07, 6.45) is 3.72. The molecule has 2 nitrogen and oxygen atoms in total. The Hall–Kier alpha value is 0.400. The van der Waals surface area contributed by atoms with Gasteiger partial charge in [0.05, 0.1) is 6.61 Å². The van der Waals surface area contributed by atoms with Crippen molar-refractivity contribution in [1.29, 1.82) is 0 Å². The molecule has 11 heavy (non-hydrogen) atoms. The van der Waals surface area contributed by atoms with Gasteiger partial charge >= 0.3 is 0 Å². The maximum atomic E-state index is 5.47. The van der Waals surface area contributed by atoms with Gasteiger partial charge in [0, 0.05) is 18.0 Å². The molecule has 1 heterocycles. The van der Waals surface area contributed by atoms with Crippen molar-refractivity contribution >= 4 is 15.9 Å². The summed E-state index contributed by atoms with van der Waals surface area (Å²) < 4.78 is 5.47. The Balaban J connectivity index is 1.86. The summed E-state index contributed by atoms with van der Waals surface area (Å²) in [6.45, 7) is 2.96. The first-order chi connectivity index (χ1) is 5.43. The maximum Gasteiger partial charge on any atom is 0.0619 e. The lowest BCUT2D eigenvalue weighted by molar-refractivity contribution is 0.117. The second-order valence-electron chi connectivity index (χ2n) is 2.91. The van der Waals surface area contributed by atoms with Gasteiger partial charge in [-0.1, -0.05) is 15.9 Å². The van der Waals surface area contributed by atoms with Crippen molar-refractivity contribution < 1.29 is 4.74 Å². The fourth-order valence-electron chi connectivity index (χ4n) is 1.28. The summed E-state index contributed by atoms with van der Waals surface area (Å²) in [5, 5.41) is 4.44. The zero-order chi connectivity index (χ0) is 7.94. The first-order valence-corrected chi connectivity index (χ1v) is 5.42. The van der Waals surface area contributed by atoms with Crippen LogP contribution in [0, 0.1) is 0 Å². The summed E-state index contributed by atoms with van der Waals surface area (Å²) in [5.74, 6) is 0. The number of hydrogen-bond donors (Lipinski definition) is 1. The topological polar surface area (TPSA) is 21.3 Å². The first-order valence-electron chi connectivity index (χ1n) is 4.30. The zero-order valence-electron chi connectivity index (χ0n) is 6.81. The molecule has 0 saturated carbocycles. The number of hydrogen-bond acceptors (Lipinski definition) is 2. The van der Waals surface area contributed by atoms with Crippen LogP contribution in [0.3, 0.4) is 0 Å². The smallest absolute Gasteiger partial charge is 0.0619 e. The Morgan fingerprint density at radius 3 is 3.09 bits per heavy atom. The molecular formula is C8H16BrNO. The molecule has 0 unspecified atom stereocenters. The number of rotatable bonds is 5. The van der Waals surface area contributed by atoms with E-state index in [1.165, 1.54) is 19.4 Å². The summed E-state index contributed by atoms with van der Waals surface area (Å²) in [4.78, 5) is 0. The third kappa shape index (κ3) is 4.09. The van der Waals surface area contributed by atoms with Crippen molar-refractivity contribution in [3.05, 3.63) is 0 Å². The second-order valence-corrected chi connectivity index (χ2v) is 3.70. The highest BCUT2D eigenvalue weighted by Crippen LogP contribution is 2.04. The van der Waals surface area contributed by atoms with Crippen LogP contribution in [-0.4, -0.2) is 31.1 Å². The predicted octanol–water partition coefficient (Wildman–Crippen LogP) is 1.54. The summed E-state index contributed by atoms with van der Waals surface area (Å²) in [5.41, 5.74) is 0. The molecule has 0 aromatic rings. The van der Waals surface area contributed by atoms with Crippen LogP contribution in [0.1, 0.15) is 19.3 Å². The molecule has 0 amide bonds. The Kier molecular flexibility index (Phi) is 5.15. The van der Waals surface area contributed by atoms with E-state index < -0.39 is 0 Å². The van der Waals surface area contributed by atoms with Gasteiger partial charge in [0.15, 0.2) is 0 Å². The van der Waals surface area contributed by atoms with Crippen LogP contribution in [0.25, 0.3) is 0 Å². The minimum Gasteiger partial charge on any atom is -0.380 e. The van der Waals surface area contributed by atoms with E-state index in [1.54, 1.807) is 0 Å². The fourth-order valence-corrected chi connectivity index (χ4v) is 1.51. The lowest BCUT2D eigenvalue weighted by atomic mass is 10.2. The van der Waals surface area contributed by atoms with Crippen LogP contribution in [-0.2, 0) is 4.74 Å². The van der Waals surface area contributed by atoms with Gasteiger partial charge in [0.1, 0.15) is 0 Å². The van der Waals surface area contributed by atoms with Gasteiger partial charge in [-0.3, -0.25) is 0 Å². The number of halogens is 1. The SMILES string of the molecule is BrCCCOC[C@@H]1CCCN1. The third-order valence-corrected chi connectivity index (χ3v) is 2.46. The quantitative estimate of drug-likeness (QED) is 0.562. The lowest BCUT2D eigenvalue weighted by Crippen LogP contribution is -2.26. The summed E-state index contributed by atoms with van der Waals surface area (Å²) in [6, 6.07) is 0.630. The van der Waals surface area contributed by atoms with Gasteiger partial charge in [0.2, 0.25) is 0 Å². The highest BCUT2D eigenvalue weighted by atomic mass is 79.9. The molecular weight excluding hydrogens is 206 g/mol. The van der Waals surface area contributed by atoms with E-state index in [9.17, 15) is 0 Å². The van der Waals surface area contributed by atoms with Crippen molar-refractivity contribution in [3.63, 3.8) is 0 Å². The Bertz CT molecular complexity index is 94.1. The van der Waals surface area contributed by atoms with E-state index in [2.05, 4.69) is 21.2 Å². The lowest BCUT2D eigenvalue weighted by Gasteiger charge is -2.09. The molecule has 1 saturated heterocycles. The standard InChI is InChI=1S/C8H16BrNO/c9-4-2-6-11-7-8-3-1-5-10-8/h8,10H,1-7H2/t8-/m0/s1. The van der Waals surface area contributed by atoms with E-state index in [-0.39, 0.29) is 0 Å². The Morgan fingerprint density at radius 1 is 1.55 bits per heavy atom. The largest absolute Gasteiger partial charge is 0.380 e. The molecule has 1 N–H and O–H groups in total. The molecule has 0 radical (unpaired) electrons. The summed E-state index contributed by atoms with van der Waals surface area (Å²) >= 11 is 3.37. The molecule has 1 fully saturated rings. The van der Waals surface area contributed by atoms with Gasteiger partial charge in [-0.25, -0.2) is 0 Å². The number of ether oxygens (including phenoxy) is 1. The minimum atomic E-state index is 0.630.